The Bertz CT molecular complexity index is 1060. The van der Waals surface area contributed by atoms with Gasteiger partial charge in [0, 0.05) is 23.1 Å². The number of amides is 2. The maximum Gasteiger partial charge on any atom is 1.00 e. The molecule has 0 aromatic carbocycles. The average molecular weight is 519 g/mol. The second kappa shape index (κ2) is 10.8. The van der Waals surface area contributed by atoms with Gasteiger partial charge in [-0.15, -0.1) is 23.1 Å². The van der Waals surface area contributed by atoms with Gasteiger partial charge in [-0.1, -0.05) is 11.8 Å². The second-order valence-corrected chi connectivity index (χ2v) is 10.3. The normalized spacial score (nSPS) is 20.7. The molecule has 3 N–H and O–H groups in total. The van der Waals surface area contributed by atoms with E-state index in [1.807, 2.05) is 0 Å². The molecule has 2 aromatic rings. The zero-order valence-electron chi connectivity index (χ0n) is 16.7. The van der Waals surface area contributed by atoms with E-state index in [9.17, 15) is 24.3 Å². The number of fused-ring (bicyclic) bond motifs is 1. The van der Waals surface area contributed by atoms with E-state index in [0.717, 1.165) is 16.7 Å². The smallest absolute Gasteiger partial charge is 0.543 e. The van der Waals surface area contributed by atoms with Gasteiger partial charge in [-0.05, 0) is 28.0 Å². The van der Waals surface area contributed by atoms with Crippen molar-refractivity contribution in [3.8, 4) is 0 Å². The number of rotatable bonds is 7. The zero-order valence-corrected chi connectivity index (χ0v) is 21.9. The van der Waals surface area contributed by atoms with Gasteiger partial charge in [-0.25, -0.2) is 4.98 Å². The van der Waals surface area contributed by atoms with Crippen molar-refractivity contribution in [1.29, 1.82) is 0 Å². The number of nitrogens with two attached hydrogens (primary N) is 1. The summed E-state index contributed by atoms with van der Waals surface area (Å²) in [6, 6.07) is -0.0584. The number of hydrogen-bond donors (Lipinski definition) is 2. The van der Waals surface area contributed by atoms with Crippen molar-refractivity contribution in [1.82, 2.24) is 15.2 Å². The van der Waals surface area contributed by atoms with Gasteiger partial charge >= 0.3 is 29.6 Å². The maximum atomic E-state index is 12.7. The number of thiophene rings is 1. The average Bonchev–Trinajstić information content (AvgIpc) is 3.48. The fraction of sp³-hybridized carbons (Fsp3) is 0.278. The molecule has 4 heterocycles. The van der Waals surface area contributed by atoms with Crippen LogP contribution in [0.15, 0.2) is 39.7 Å². The molecule has 2 unspecified atom stereocenters. The zero-order chi connectivity index (χ0) is 22.1. The summed E-state index contributed by atoms with van der Waals surface area (Å²) >= 11 is 4.85. The molecule has 0 spiro atoms. The molecule has 32 heavy (non-hydrogen) atoms. The van der Waals surface area contributed by atoms with Crippen molar-refractivity contribution in [3.05, 3.63) is 50.2 Å². The molecule has 4 rings (SSSR count). The number of aromatic nitrogens is 1. The van der Waals surface area contributed by atoms with Gasteiger partial charge in [-0.2, -0.15) is 11.3 Å². The van der Waals surface area contributed by atoms with E-state index in [1.165, 1.54) is 40.6 Å². The number of nitrogens with one attached hydrogen (secondary N) is 1. The minimum atomic E-state index is -1.49. The Kier molecular flexibility index (Phi) is 8.60. The van der Waals surface area contributed by atoms with E-state index >= 15 is 0 Å². The molecule has 0 bridgehead atoms. The van der Waals surface area contributed by atoms with Crippen LogP contribution >= 0.6 is 46.2 Å². The fourth-order valence-electron chi connectivity index (χ4n) is 3.17. The number of carboxylic acid groups (broad SMARTS) is 1. The van der Waals surface area contributed by atoms with Gasteiger partial charge in [0.05, 0.1) is 11.7 Å². The van der Waals surface area contributed by atoms with Crippen LogP contribution in [-0.2, 0) is 14.4 Å². The molecule has 1 saturated heterocycles. The third kappa shape index (κ3) is 4.99. The minimum Gasteiger partial charge on any atom is -0.543 e. The number of nitrogens with zero attached hydrogens (tertiary/aromatic N) is 2. The summed E-state index contributed by atoms with van der Waals surface area (Å²) in [6.07, 6.45) is 1.52. The van der Waals surface area contributed by atoms with Crippen LogP contribution in [-0.4, -0.2) is 55.7 Å². The van der Waals surface area contributed by atoms with Gasteiger partial charge in [0.1, 0.15) is 17.5 Å². The van der Waals surface area contributed by atoms with Crippen molar-refractivity contribution >= 4 is 69.1 Å². The van der Waals surface area contributed by atoms with E-state index in [2.05, 4.69) is 10.3 Å². The number of thiazole rings is 1. The Labute approximate surface area is 221 Å². The Morgan fingerprint density at radius 1 is 1.38 bits per heavy atom. The molecule has 3 atom stereocenters. The topological polar surface area (TPSA) is 146 Å². The third-order valence-corrected chi connectivity index (χ3v) is 8.60. The summed E-state index contributed by atoms with van der Waals surface area (Å²) in [5.41, 5.74) is 6.77. The molecule has 1 fully saturated rings. The predicted octanol–water partition coefficient (Wildman–Crippen LogP) is -2.81. The van der Waals surface area contributed by atoms with E-state index in [0.29, 0.717) is 21.9 Å². The van der Waals surface area contributed by atoms with Crippen LogP contribution in [0.4, 0.5) is 0 Å². The summed E-state index contributed by atoms with van der Waals surface area (Å²) in [4.78, 5) is 54.1. The van der Waals surface area contributed by atoms with Gasteiger partial charge < -0.3 is 21.0 Å². The quantitative estimate of drug-likeness (QED) is 0.293. The van der Waals surface area contributed by atoms with E-state index in [-0.39, 0.29) is 46.1 Å². The van der Waals surface area contributed by atoms with Crippen molar-refractivity contribution in [2.24, 2.45) is 5.73 Å². The van der Waals surface area contributed by atoms with Crippen LogP contribution in [0.2, 0.25) is 0 Å². The molecule has 2 aliphatic heterocycles. The van der Waals surface area contributed by atoms with Crippen molar-refractivity contribution in [2.75, 3.05) is 11.5 Å². The standard InChI is InChI=1S/C18H16N4O5S4.Na/c19-10(8-1-3-28-5-8)13(23)21-11-15(24)22-12(17(25)26)9(6-30-16(11)22)7-31-18(27)14-20-2-4-29-14;/h1-5,10-11,16H,6-7,19H2,(H,21,23)(H,25,26);/q;+1/p-1/t10?,11?,16-;/m0./s1. The summed E-state index contributed by atoms with van der Waals surface area (Å²) in [7, 11) is 0. The van der Waals surface area contributed by atoms with Crippen LogP contribution in [0, 0.1) is 0 Å². The molecule has 14 heteroatoms. The first kappa shape index (κ1) is 25.4. The molecule has 0 saturated carbocycles. The molecule has 2 aromatic heterocycles. The largest absolute Gasteiger partial charge is 1.00 e. The molecular weight excluding hydrogens is 503 g/mol. The number of β-lactam (4-membered cyclic amide) rings is 1. The summed E-state index contributed by atoms with van der Waals surface area (Å²) in [6.45, 7) is 0. The summed E-state index contributed by atoms with van der Waals surface area (Å²) in [5, 5.41) is 19.1. The van der Waals surface area contributed by atoms with Crippen molar-refractivity contribution < 1.29 is 53.8 Å². The van der Waals surface area contributed by atoms with Crippen LogP contribution < -0.4 is 45.7 Å². The van der Waals surface area contributed by atoms with Crippen LogP contribution in [0.1, 0.15) is 21.4 Å². The van der Waals surface area contributed by atoms with E-state index < -0.39 is 35.2 Å². The minimum absolute atomic E-state index is 0. The SMILES string of the molecule is NC(C(=O)NC1C(=O)N2C(C(=O)[O-])=C(CSC(=O)c3nccs3)CS[C@@H]12)c1ccsc1.[Na+]. The van der Waals surface area contributed by atoms with E-state index in [1.54, 1.807) is 22.2 Å². The van der Waals surface area contributed by atoms with Gasteiger partial charge in [0.25, 0.3) is 5.91 Å². The number of carbonyl (C=O) groups excluding carboxylic acids is 4. The Hall–Kier alpha value is -1.19. The Morgan fingerprint density at radius 2 is 2.16 bits per heavy atom. The van der Waals surface area contributed by atoms with Gasteiger partial charge in [-0.3, -0.25) is 19.3 Å². The summed E-state index contributed by atoms with van der Waals surface area (Å²) in [5.74, 6) is -2.15. The first-order valence-electron chi connectivity index (χ1n) is 8.91. The van der Waals surface area contributed by atoms with E-state index in [4.69, 9.17) is 5.73 Å². The first-order valence-corrected chi connectivity index (χ1v) is 12.8. The monoisotopic (exact) mass is 518 g/mol. The maximum absolute atomic E-state index is 12.7. The molecule has 9 nitrogen and oxygen atoms in total. The molecule has 0 radical (unpaired) electrons. The van der Waals surface area contributed by atoms with Gasteiger partial charge in [0.15, 0.2) is 5.01 Å². The van der Waals surface area contributed by atoms with Crippen LogP contribution in [0.5, 0.6) is 0 Å². The number of hydrogen-bond acceptors (Lipinski definition) is 11. The van der Waals surface area contributed by atoms with Crippen molar-refractivity contribution in [2.45, 2.75) is 17.5 Å². The van der Waals surface area contributed by atoms with Gasteiger partial charge in [0.2, 0.25) is 11.0 Å². The Balaban J connectivity index is 0.00000289. The molecule has 162 valence electrons. The number of aliphatic carboxylic acids is 1. The summed E-state index contributed by atoms with van der Waals surface area (Å²) < 4.78 is 0. The number of carboxylic acids is 1. The first-order chi connectivity index (χ1) is 14.9. The fourth-order valence-corrected chi connectivity index (χ4v) is 6.85. The van der Waals surface area contributed by atoms with Crippen LogP contribution in [0.25, 0.3) is 0 Å². The molecule has 0 aliphatic carbocycles. The number of thioether (sulfide) groups is 2. The Morgan fingerprint density at radius 3 is 2.78 bits per heavy atom. The third-order valence-electron chi connectivity index (χ3n) is 4.71. The molecule has 2 aliphatic rings. The second-order valence-electron chi connectivity index (χ2n) is 6.58. The van der Waals surface area contributed by atoms with Crippen molar-refractivity contribution in [3.63, 3.8) is 0 Å². The molecular formula is C18H15N4NaO5S4. The predicted molar refractivity (Wildman–Crippen MR) is 117 cm³/mol. The molecule has 2 amide bonds. The van der Waals surface area contributed by atoms with Crippen LogP contribution in [0.3, 0.4) is 0 Å². The number of carbonyl (C=O) groups is 4.